The van der Waals surface area contributed by atoms with E-state index in [1.807, 2.05) is 25.8 Å². The molecule has 0 saturated carbocycles. The van der Waals surface area contributed by atoms with Gasteiger partial charge in [-0.3, -0.25) is 9.69 Å². The molecule has 2 atom stereocenters. The first-order chi connectivity index (χ1) is 8.93. The molecular weight excluding hydrogens is 258 g/mol. The van der Waals surface area contributed by atoms with Gasteiger partial charge >= 0.3 is 0 Å². The van der Waals surface area contributed by atoms with Crippen LogP contribution in [0.3, 0.4) is 0 Å². The average molecular weight is 285 g/mol. The Balaban J connectivity index is 2.52. The van der Waals surface area contributed by atoms with Crippen molar-refractivity contribution in [1.29, 1.82) is 0 Å². The molecule has 1 fully saturated rings. The number of carbonyl (C=O) groups is 1. The number of nitrogens with zero attached hydrogens (tertiary/aromatic N) is 2. The Hall–Kier alpha value is -0.680. The van der Waals surface area contributed by atoms with Crippen LogP contribution in [-0.4, -0.2) is 53.4 Å². The van der Waals surface area contributed by atoms with Gasteiger partial charge in [0.25, 0.3) is 0 Å². The van der Waals surface area contributed by atoms with Gasteiger partial charge < -0.3 is 10.6 Å². The van der Waals surface area contributed by atoms with Crippen LogP contribution < -0.4 is 5.73 Å². The highest BCUT2D eigenvalue weighted by Gasteiger charge is 2.25. The lowest BCUT2D eigenvalue weighted by molar-refractivity contribution is -0.136. The molecule has 1 aliphatic heterocycles. The standard InChI is InChI=1S/C14H27N3OS/c1-11(13(15)19)10-16(3)12(2)14(18)17-8-6-4-5-7-9-17/h11-12H,4-10H2,1-3H3,(H2,15,19). The van der Waals surface area contributed by atoms with E-state index < -0.39 is 0 Å². The molecule has 0 aromatic rings. The van der Waals surface area contributed by atoms with Crippen molar-refractivity contribution in [1.82, 2.24) is 9.80 Å². The van der Waals surface area contributed by atoms with Crippen LogP contribution >= 0.6 is 12.2 Å². The SMILES string of the molecule is CC(CN(C)C(C)C(=O)N1CCCCCC1)C(N)=S. The first-order valence-corrected chi connectivity index (χ1v) is 7.62. The molecule has 0 aromatic carbocycles. The summed E-state index contributed by atoms with van der Waals surface area (Å²) in [6.45, 7) is 6.52. The summed E-state index contributed by atoms with van der Waals surface area (Å²) < 4.78 is 0. The predicted octanol–water partition coefficient (Wildman–Crippen LogP) is 1.63. The van der Waals surface area contributed by atoms with Crippen LogP contribution in [0.15, 0.2) is 0 Å². The van der Waals surface area contributed by atoms with E-state index in [4.69, 9.17) is 18.0 Å². The van der Waals surface area contributed by atoms with Crippen LogP contribution in [0.25, 0.3) is 0 Å². The van der Waals surface area contributed by atoms with Crippen LogP contribution in [-0.2, 0) is 4.79 Å². The molecule has 0 radical (unpaired) electrons. The van der Waals surface area contributed by atoms with Gasteiger partial charge in [0, 0.05) is 25.6 Å². The molecule has 5 heteroatoms. The second kappa shape index (κ2) is 7.80. The molecule has 0 aromatic heterocycles. The fourth-order valence-corrected chi connectivity index (χ4v) is 2.50. The number of rotatable bonds is 5. The molecule has 19 heavy (non-hydrogen) atoms. The second-order valence-corrected chi connectivity index (χ2v) is 6.13. The van der Waals surface area contributed by atoms with Crippen LogP contribution in [0.1, 0.15) is 39.5 Å². The van der Waals surface area contributed by atoms with Gasteiger partial charge in [-0.15, -0.1) is 0 Å². The largest absolute Gasteiger partial charge is 0.393 e. The van der Waals surface area contributed by atoms with Crippen molar-refractivity contribution in [3.63, 3.8) is 0 Å². The van der Waals surface area contributed by atoms with E-state index >= 15 is 0 Å². The molecule has 1 amide bonds. The van der Waals surface area contributed by atoms with Gasteiger partial charge in [0.2, 0.25) is 5.91 Å². The highest BCUT2D eigenvalue weighted by molar-refractivity contribution is 7.80. The summed E-state index contributed by atoms with van der Waals surface area (Å²) in [6, 6.07) is -0.102. The lowest BCUT2D eigenvalue weighted by Crippen LogP contribution is -2.47. The molecule has 2 N–H and O–H groups in total. The number of hydrogen-bond acceptors (Lipinski definition) is 3. The molecule has 0 aliphatic carbocycles. The van der Waals surface area contributed by atoms with Gasteiger partial charge in [0.1, 0.15) is 0 Å². The number of amides is 1. The van der Waals surface area contributed by atoms with Crippen LogP contribution in [0.2, 0.25) is 0 Å². The van der Waals surface area contributed by atoms with E-state index in [9.17, 15) is 4.79 Å². The maximum Gasteiger partial charge on any atom is 0.239 e. The summed E-state index contributed by atoms with van der Waals surface area (Å²) in [6.07, 6.45) is 4.75. The first-order valence-electron chi connectivity index (χ1n) is 7.21. The monoisotopic (exact) mass is 285 g/mol. The number of likely N-dealkylation sites (tertiary alicyclic amines) is 1. The van der Waals surface area contributed by atoms with Crippen molar-refractivity contribution in [3.05, 3.63) is 0 Å². The zero-order valence-corrected chi connectivity index (χ0v) is 13.2. The normalized spacial score (nSPS) is 19.9. The molecule has 1 rings (SSSR count). The Morgan fingerprint density at radius 3 is 2.26 bits per heavy atom. The summed E-state index contributed by atoms with van der Waals surface area (Å²) in [7, 11) is 1.97. The van der Waals surface area contributed by atoms with Crippen LogP contribution in [0.5, 0.6) is 0 Å². The van der Waals surface area contributed by atoms with Crippen molar-refractivity contribution < 1.29 is 4.79 Å². The minimum Gasteiger partial charge on any atom is -0.393 e. The topological polar surface area (TPSA) is 49.6 Å². The molecule has 1 aliphatic rings. The maximum absolute atomic E-state index is 12.5. The van der Waals surface area contributed by atoms with Gasteiger partial charge in [-0.05, 0) is 26.8 Å². The van der Waals surface area contributed by atoms with E-state index in [-0.39, 0.29) is 17.9 Å². The molecule has 1 saturated heterocycles. The van der Waals surface area contributed by atoms with Crippen molar-refractivity contribution in [2.45, 2.75) is 45.6 Å². The summed E-state index contributed by atoms with van der Waals surface area (Å²) in [4.78, 5) is 17.0. The zero-order valence-electron chi connectivity index (χ0n) is 12.4. The Kier molecular flexibility index (Phi) is 6.72. The van der Waals surface area contributed by atoms with Crippen LogP contribution in [0.4, 0.5) is 0 Å². The van der Waals surface area contributed by atoms with E-state index in [1.54, 1.807) is 0 Å². The van der Waals surface area contributed by atoms with Gasteiger partial charge in [-0.2, -0.15) is 0 Å². The fraction of sp³-hybridized carbons (Fsp3) is 0.857. The number of thiocarbonyl (C=S) groups is 1. The lowest BCUT2D eigenvalue weighted by atomic mass is 10.1. The number of hydrogen-bond donors (Lipinski definition) is 1. The van der Waals surface area contributed by atoms with Crippen molar-refractivity contribution in [3.8, 4) is 0 Å². The number of carbonyl (C=O) groups excluding carboxylic acids is 1. The quantitative estimate of drug-likeness (QED) is 0.780. The van der Waals surface area contributed by atoms with Crippen LogP contribution in [0, 0.1) is 5.92 Å². The Labute approximate surface area is 122 Å². The molecule has 4 nitrogen and oxygen atoms in total. The molecule has 0 bridgehead atoms. The summed E-state index contributed by atoms with van der Waals surface area (Å²) >= 11 is 4.99. The van der Waals surface area contributed by atoms with Gasteiger partial charge in [0.05, 0.1) is 11.0 Å². The van der Waals surface area contributed by atoms with E-state index in [0.29, 0.717) is 4.99 Å². The predicted molar refractivity (Wildman–Crippen MR) is 83.1 cm³/mol. The molecule has 1 heterocycles. The first kappa shape index (κ1) is 16.4. The lowest BCUT2D eigenvalue weighted by Gasteiger charge is -2.31. The zero-order chi connectivity index (χ0) is 14.4. The number of likely N-dealkylation sites (N-methyl/N-ethyl adjacent to an activating group) is 1. The van der Waals surface area contributed by atoms with Gasteiger partial charge in [-0.1, -0.05) is 32.0 Å². The second-order valence-electron chi connectivity index (χ2n) is 5.66. The third kappa shape index (κ3) is 5.07. The van der Waals surface area contributed by atoms with E-state index in [2.05, 4.69) is 4.90 Å². The van der Waals surface area contributed by atoms with Gasteiger partial charge in [-0.25, -0.2) is 0 Å². The molecule has 0 spiro atoms. The molecule has 2 unspecified atom stereocenters. The summed E-state index contributed by atoms with van der Waals surface area (Å²) in [5.74, 6) is 0.374. The third-order valence-electron chi connectivity index (χ3n) is 3.98. The number of nitrogens with two attached hydrogens (primary N) is 1. The van der Waals surface area contributed by atoms with E-state index in [1.165, 1.54) is 12.8 Å². The van der Waals surface area contributed by atoms with Gasteiger partial charge in [0.15, 0.2) is 0 Å². The Bertz CT molecular complexity index is 314. The highest BCUT2D eigenvalue weighted by atomic mass is 32.1. The minimum absolute atomic E-state index is 0.102. The van der Waals surface area contributed by atoms with Crippen molar-refractivity contribution in [2.24, 2.45) is 11.7 Å². The molecule has 110 valence electrons. The molecular formula is C14H27N3OS. The smallest absolute Gasteiger partial charge is 0.239 e. The maximum atomic E-state index is 12.5. The Morgan fingerprint density at radius 2 is 1.79 bits per heavy atom. The van der Waals surface area contributed by atoms with E-state index in [0.717, 1.165) is 32.5 Å². The third-order valence-corrected chi connectivity index (χ3v) is 4.39. The summed E-state index contributed by atoms with van der Waals surface area (Å²) in [5.41, 5.74) is 5.63. The van der Waals surface area contributed by atoms with Crippen molar-refractivity contribution >= 4 is 23.1 Å². The van der Waals surface area contributed by atoms with Crippen molar-refractivity contribution in [2.75, 3.05) is 26.7 Å². The highest BCUT2D eigenvalue weighted by Crippen LogP contribution is 2.13. The Morgan fingerprint density at radius 1 is 1.26 bits per heavy atom. The summed E-state index contributed by atoms with van der Waals surface area (Å²) in [5, 5.41) is 0. The fourth-order valence-electron chi connectivity index (χ4n) is 2.42. The minimum atomic E-state index is -0.102. The average Bonchev–Trinajstić information content (AvgIpc) is 2.65.